The zero-order chi connectivity index (χ0) is 15.2. The summed E-state index contributed by atoms with van der Waals surface area (Å²) < 4.78 is 10.4. The molecular formula is C16H26N2O3. The Balaban J connectivity index is 2.02. The molecule has 2 rings (SSSR count). The van der Waals surface area contributed by atoms with Crippen LogP contribution in [0.15, 0.2) is 4.52 Å². The summed E-state index contributed by atoms with van der Waals surface area (Å²) in [6.07, 6.45) is 6.58. The second-order valence-corrected chi connectivity index (χ2v) is 5.83. The number of ether oxygens (including phenoxy) is 1. The van der Waals surface area contributed by atoms with Crippen molar-refractivity contribution in [3.63, 3.8) is 0 Å². The van der Waals surface area contributed by atoms with Crippen LogP contribution in [-0.2, 0) is 9.53 Å². The van der Waals surface area contributed by atoms with Crippen LogP contribution >= 0.6 is 0 Å². The lowest BCUT2D eigenvalue weighted by atomic mass is 9.80. The van der Waals surface area contributed by atoms with E-state index in [4.69, 9.17) is 9.26 Å². The molecule has 1 fully saturated rings. The standard InChI is InChI=1S/C16H26N2O3/c1-4-11-7-9-12(10-8-11)14-17-15(21-18-14)13(5-2)16(19)20-6-3/h11-13H,4-10H2,1-3H3. The van der Waals surface area contributed by atoms with Gasteiger partial charge in [-0.1, -0.05) is 25.4 Å². The largest absolute Gasteiger partial charge is 0.465 e. The molecular weight excluding hydrogens is 268 g/mol. The van der Waals surface area contributed by atoms with Crippen LogP contribution in [0.1, 0.15) is 82.8 Å². The normalized spacial score (nSPS) is 23.8. The number of nitrogens with zero attached hydrogens (tertiary/aromatic N) is 2. The van der Waals surface area contributed by atoms with Gasteiger partial charge >= 0.3 is 5.97 Å². The van der Waals surface area contributed by atoms with Gasteiger partial charge in [-0.25, -0.2) is 0 Å². The summed E-state index contributed by atoms with van der Waals surface area (Å²) >= 11 is 0. The van der Waals surface area contributed by atoms with Crippen molar-refractivity contribution >= 4 is 5.97 Å². The summed E-state index contributed by atoms with van der Waals surface area (Å²) in [5.41, 5.74) is 0. The molecule has 5 heteroatoms. The van der Waals surface area contributed by atoms with E-state index in [0.29, 0.717) is 24.8 Å². The van der Waals surface area contributed by atoms with Gasteiger partial charge < -0.3 is 9.26 Å². The van der Waals surface area contributed by atoms with E-state index in [2.05, 4.69) is 17.1 Å². The van der Waals surface area contributed by atoms with Crippen LogP contribution in [0.2, 0.25) is 0 Å². The molecule has 0 saturated heterocycles. The third-order valence-corrected chi connectivity index (χ3v) is 4.52. The smallest absolute Gasteiger partial charge is 0.318 e. The van der Waals surface area contributed by atoms with Gasteiger partial charge in [-0.2, -0.15) is 4.98 Å². The van der Waals surface area contributed by atoms with Crippen molar-refractivity contribution in [2.24, 2.45) is 5.92 Å². The van der Waals surface area contributed by atoms with Gasteiger partial charge in [0, 0.05) is 5.92 Å². The molecule has 0 aromatic carbocycles. The highest BCUT2D eigenvalue weighted by atomic mass is 16.5. The molecule has 0 amide bonds. The van der Waals surface area contributed by atoms with E-state index in [1.807, 2.05) is 6.92 Å². The Bertz CT molecular complexity index is 450. The van der Waals surface area contributed by atoms with Crippen molar-refractivity contribution in [1.29, 1.82) is 0 Å². The minimum atomic E-state index is -0.432. The third kappa shape index (κ3) is 3.83. The zero-order valence-electron chi connectivity index (χ0n) is 13.3. The van der Waals surface area contributed by atoms with Crippen molar-refractivity contribution in [3.05, 3.63) is 11.7 Å². The molecule has 0 aliphatic heterocycles. The lowest BCUT2D eigenvalue weighted by molar-refractivity contribution is -0.145. The van der Waals surface area contributed by atoms with Crippen molar-refractivity contribution in [3.8, 4) is 0 Å². The van der Waals surface area contributed by atoms with Gasteiger partial charge in [-0.15, -0.1) is 0 Å². The number of esters is 1. The Morgan fingerprint density at radius 2 is 2.00 bits per heavy atom. The predicted octanol–water partition coefficient (Wildman–Crippen LogP) is 3.81. The maximum atomic E-state index is 11.9. The van der Waals surface area contributed by atoms with Crippen LogP contribution in [0, 0.1) is 5.92 Å². The molecule has 1 aliphatic carbocycles. The molecule has 21 heavy (non-hydrogen) atoms. The van der Waals surface area contributed by atoms with E-state index in [9.17, 15) is 4.79 Å². The predicted molar refractivity (Wildman–Crippen MR) is 79.0 cm³/mol. The number of aromatic nitrogens is 2. The summed E-state index contributed by atoms with van der Waals surface area (Å²) in [6.45, 7) is 6.36. The Kier molecular flexibility index (Phi) is 5.76. The third-order valence-electron chi connectivity index (χ3n) is 4.52. The highest BCUT2D eigenvalue weighted by Gasteiger charge is 2.29. The lowest BCUT2D eigenvalue weighted by Crippen LogP contribution is -2.16. The number of carbonyl (C=O) groups excluding carboxylic acids is 1. The second kappa shape index (κ2) is 7.57. The first-order valence-electron chi connectivity index (χ1n) is 8.19. The minimum absolute atomic E-state index is 0.273. The molecule has 0 radical (unpaired) electrons. The fourth-order valence-electron chi connectivity index (χ4n) is 3.07. The van der Waals surface area contributed by atoms with Gasteiger partial charge in [0.05, 0.1) is 6.61 Å². The van der Waals surface area contributed by atoms with E-state index in [-0.39, 0.29) is 5.97 Å². The Morgan fingerprint density at radius 1 is 1.29 bits per heavy atom. The Labute approximate surface area is 126 Å². The fraction of sp³-hybridized carbons (Fsp3) is 0.812. The molecule has 0 bridgehead atoms. The number of rotatable bonds is 6. The van der Waals surface area contributed by atoms with Gasteiger partial charge in [0.2, 0.25) is 5.89 Å². The summed E-state index contributed by atoms with van der Waals surface area (Å²) in [4.78, 5) is 16.4. The highest BCUT2D eigenvalue weighted by molar-refractivity contribution is 5.76. The van der Waals surface area contributed by atoms with Crippen LogP contribution in [0.5, 0.6) is 0 Å². The van der Waals surface area contributed by atoms with Gasteiger partial charge in [-0.05, 0) is 44.9 Å². The first-order valence-corrected chi connectivity index (χ1v) is 8.19. The monoisotopic (exact) mass is 294 g/mol. The first kappa shape index (κ1) is 16.0. The van der Waals surface area contributed by atoms with Crippen LogP contribution in [0.25, 0.3) is 0 Å². The van der Waals surface area contributed by atoms with Gasteiger partial charge in [-0.3, -0.25) is 4.79 Å². The summed E-state index contributed by atoms with van der Waals surface area (Å²) in [5, 5.41) is 4.11. The van der Waals surface area contributed by atoms with E-state index < -0.39 is 5.92 Å². The molecule has 1 aliphatic rings. The molecule has 1 heterocycles. The average Bonchev–Trinajstić information content (AvgIpc) is 2.98. The van der Waals surface area contributed by atoms with Crippen LogP contribution < -0.4 is 0 Å². The van der Waals surface area contributed by atoms with E-state index in [1.54, 1.807) is 6.92 Å². The highest BCUT2D eigenvalue weighted by Crippen LogP contribution is 2.36. The van der Waals surface area contributed by atoms with Gasteiger partial charge in [0.25, 0.3) is 0 Å². The number of hydrogen-bond donors (Lipinski definition) is 0. The number of hydrogen-bond acceptors (Lipinski definition) is 5. The van der Waals surface area contributed by atoms with Crippen molar-refractivity contribution in [2.45, 2.75) is 71.1 Å². The minimum Gasteiger partial charge on any atom is -0.465 e. The molecule has 1 atom stereocenters. The molecule has 1 saturated carbocycles. The van der Waals surface area contributed by atoms with E-state index >= 15 is 0 Å². The van der Waals surface area contributed by atoms with Crippen molar-refractivity contribution in [1.82, 2.24) is 10.1 Å². The molecule has 1 unspecified atom stereocenters. The topological polar surface area (TPSA) is 65.2 Å². The van der Waals surface area contributed by atoms with Crippen molar-refractivity contribution in [2.75, 3.05) is 6.61 Å². The fourth-order valence-corrected chi connectivity index (χ4v) is 3.07. The van der Waals surface area contributed by atoms with Crippen LogP contribution in [-0.4, -0.2) is 22.7 Å². The summed E-state index contributed by atoms with van der Waals surface area (Å²) in [7, 11) is 0. The molecule has 0 spiro atoms. The second-order valence-electron chi connectivity index (χ2n) is 5.83. The van der Waals surface area contributed by atoms with Gasteiger partial charge in [0.1, 0.15) is 5.92 Å². The quantitative estimate of drug-likeness (QED) is 0.746. The SMILES string of the molecule is CCOC(=O)C(CC)c1nc(C2CCC(CC)CC2)no1. The molecule has 1 aromatic rings. The average molecular weight is 294 g/mol. The van der Waals surface area contributed by atoms with Crippen LogP contribution in [0.3, 0.4) is 0 Å². The zero-order valence-corrected chi connectivity index (χ0v) is 13.3. The summed E-state index contributed by atoms with van der Waals surface area (Å²) in [6, 6.07) is 0. The first-order chi connectivity index (χ1) is 10.2. The van der Waals surface area contributed by atoms with E-state index in [1.165, 1.54) is 19.3 Å². The molecule has 1 aromatic heterocycles. The van der Waals surface area contributed by atoms with Crippen LogP contribution in [0.4, 0.5) is 0 Å². The molecule has 0 N–H and O–H groups in total. The summed E-state index contributed by atoms with van der Waals surface area (Å²) in [5.74, 6) is 1.69. The van der Waals surface area contributed by atoms with E-state index in [0.717, 1.165) is 24.6 Å². The maximum absolute atomic E-state index is 11.9. The van der Waals surface area contributed by atoms with Gasteiger partial charge in [0.15, 0.2) is 5.82 Å². The molecule has 118 valence electrons. The lowest BCUT2D eigenvalue weighted by Gasteiger charge is -2.25. The Morgan fingerprint density at radius 3 is 2.57 bits per heavy atom. The molecule has 5 nitrogen and oxygen atoms in total. The maximum Gasteiger partial charge on any atom is 0.318 e. The van der Waals surface area contributed by atoms with Crippen molar-refractivity contribution < 1.29 is 14.1 Å². The Hall–Kier alpha value is -1.39. The number of carbonyl (C=O) groups is 1.